The lowest BCUT2D eigenvalue weighted by molar-refractivity contribution is 1.18. The molecule has 12 aromatic rings. The van der Waals surface area contributed by atoms with E-state index in [1.54, 1.807) is 6.07 Å². The van der Waals surface area contributed by atoms with Crippen LogP contribution >= 0.6 is 0 Å². The van der Waals surface area contributed by atoms with Crippen molar-refractivity contribution in [3.05, 3.63) is 223 Å². The molecule has 3 aromatic heterocycles. The van der Waals surface area contributed by atoms with Gasteiger partial charge in [-0.15, -0.1) is 0 Å². The molecule has 9 aromatic carbocycles. The normalized spacial score (nSPS) is 11.6. The van der Waals surface area contributed by atoms with Crippen LogP contribution in [0.15, 0.2) is 200 Å². The fraction of sp³-hybridized carbons (Fsp3) is 0. The molecule has 61 heavy (non-hydrogen) atoms. The van der Waals surface area contributed by atoms with Crippen molar-refractivity contribution < 1.29 is 0 Å². The first-order chi connectivity index (χ1) is 30.2. The van der Waals surface area contributed by atoms with Gasteiger partial charge in [-0.2, -0.15) is 0 Å². The SMILES string of the molecule is [C-]#[N+]c1ccc(-n2c3ccc(-c4ccc5c(c4)c4ccccc4n5-c4ccccc4)cc3c3cc(-c4ccc5c(c4)c4ccccc4n5-c4ccccc4)ccc32)cc1[N+]#[C-]. The van der Waals surface area contributed by atoms with Crippen molar-refractivity contribution in [2.24, 2.45) is 0 Å². The highest BCUT2D eigenvalue weighted by molar-refractivity contribution is 6.14. The van der Waals surface area contributed by atoms with Gasteiger partial charge in [0.1, 0.15) is 0 Å². The van der Waals surface area contributed by atoms with Gasteiger partial charge in [0.05, 0.1) is 46.2 Å². The van der Waals surface area contributed by atoms with Gasteiger partial charge < -0.3 is 13.7 Å². The Morgan fingerprint density at radius 2 is 0.607 bits per heavy atom. The molecule has 0 aliphatic heterocycles. The predicted molar refractivity (Wildman–Crippen MR) is 253 cm³/mol. The predicted octanol–water partition coefficient (Wildman–Crippen LogP) is 15.4. The Labute approximate surface area is 351 Å². The van der Waals surface area contributed by atoms with E-state index in [1.807, 2.05) is 12.1 Å². The zero-order chi connectivity index (χ0) is 40.6. The maximum Gasteiger partial charge on any atom is 0.196 e. The molecule has 0 fully saturated rings. The van der Waals surface area contributed by atoms with Crippen molar-refractivity contribution in [3.63, 3.8) is 0 Å². The van der Waals surface area contributed by atoms with E-state index >= 15 is 0 Å². The molecule has 0 aliphatic carbocycles. The minimum Gasteiger partial charge on any atom is -0.311 e. The largest absolute Gasteiger partial charge is 0.311 e. The van der Waals surface area contributed by atoms with Gasteiger partial charge in [-0.1, -0.05) is 109 Å². The lowest BCUT2D eigenvalue weighted by Gasteiger charge is -2.10. The zero-order valence-electron chi connectivity index (χ0n) is 32.8. The molecule has 0 saturated carbocycles. The summed E-state index contributed by atoms with van der Waals surface area (Å²) in [5.74, 6) is 0. The molecular formula is C56H33N5. The van der Waals surface area contributed by atoms with Gasteiger partial charge in [0.2, 0.25) is 0 Å². The summed E-state index contributed by atoms with van der Waals surface area (Å²) in [5.41, 5.74) is 15.1. The molecular weight excluding hydrogens is 743 g/mol. The third-order valence-corrected chi connectivity index (χ3v) is 12.3. The number of hydrogen-bond acceptors (Lipinski definition) is 0. The van der Waals surface area contributed by atoms with E-state index in [2.05, 4.69) is 205 Å². The molecule has 0 bridgehead atoms. The number of benzene rings is 9. The van der Waals surface area contributed by atoms with E-state index in [9.17, 15) is 0 Å². The van der Waals surface area contributed by atoms with Gasteiger partial charge >= 0.3 is 0 Å². The molecule has 0 unspecified atom stereocenters. The Hall–Kier alpha value is -8.64. The van der Waals surface area contributed by atoms with Crippen LogP contribution in [0.25, 0.3) is 114 Å². The van der Waals surface area contributed by atoms with Crippen molar-refractivity contribution in [1.82, 2.24) is 13.7 Å². The van der Waals surface area contributed by atoms with Crippen molar-refractivity contribution in [2.45, 2.75) is 0 Å². The molecule has 0 radical (unpaired) electrons. The molecule has 0 atom stereocenters. The van der Waals surface area contributed by atoms with Crippen molar-refractivity contribution in [2.75, 3.05) is 0 Å². The first-order valence-corrected chi connectivity index (χ1v) is 20.3. The molecule has 282 valence electrons. The third kappa shape index (κ3) is 5.25. The molecule has 0 saturated heterocycles. The second kappa shape index (κ2) is 13.5. The zero-order valence-corrected chi connectivity index (χ0v) is 32.8. The van der Waals surface area contributed by atoms with Gasteiger partial charge in [0, 0.05) is 49.4 Å². The van der Waals surface area contributed by atoms with Crippen molar-refractivity contribution in [1.29, 1.82) is 0 Å². The smallest absolute Gasteiger partial charge is 0.196 e. The van der Waals surface area contributed by atoms with Crippen LogP contribution in [0.3, 0.4) is 0 Å². The summed E-state index contributed by atoms with van der Waals surface area (Å²) < 4.78 is 6.93. The highest BCUT2D eigenvalue weighted by Crippen LogP contribution is 2.42. The van der Waals surface area contributed by atoms with Gasteiger partial charge in [0.15, 0.2) is 11.4 Å². The number of aromatic nitrogens is 3. The lowest BCUT2D eigenvalue weighted by Crippen LogP contribution is -1.94. The van der Waals surface area contributed by atoms with E-state index in [0.29, 0.717) is 11.4 Å². The number of para-hydroxylation sites is 4. The third-order valence-electron chi connectivity index (χ3n) is 12.3. The fourth-order valence-corrected chi connectivity index (χ4v) is 9.51. The summed E-state index contributed by atoms with van der Waals surface area (Å²) in [4.78, 5) is 7.35. The molecule has 12 rings (SSSR count). The maximum absolute atomic E-state index is 7.87. The average molecular weight is 776 g/mol. The monoisotopic (exact) mass is 775 g/mol. The van der Waals surface area contributed by atoms with E-state index in [1.165, 1.54) is 43.6 Å². The quantitative estimate of drug-likeness (QED) is 0.156. The van der Waals surface area contributed by atoms with Gasteiger partial charge in [0.25, 0.3) is 0 Å². The van der Waals surface area contributed by atoms with Crippen molar-refractivity contribution in [3.8, 4) is 39.3 Å². The van der Waals surface area contributed by atoms with Crippen LogP contribution in [0.5, 0.6) is 0 Å². The van der Waals surface area contributed by atoms with E-state index in [4.69, 9.17) is 13.1 Å². The van der Waals surface area contributed by atoms with Crippen LogP contribution < -0.4 is 0 Å². The molecule has 0 spiro atoms. The highest BCUT2D eigenvalue weighted by atomic mass is 15.0. The standard InChI is InChI=1S/C56H33N5/c1-57-49-26-25-42(35-50(49)58-2)61-55-29-23-38(36-21-27-53-45(31-36)43-17-9-11-19-51(43)59(53)40-13-5-3-6-14-40)33-47(55)48-34-39(24-30-56(48)61)37-22-28-54-46(32-37)44-18-10-12-20-52(44)60(54)41-15-7-4-8-16-41/h3-35H. The van der Waals surface area contributed by atoms with Crippen LogP contribution in [0.2, 0.25) is 0 Å². The summed E-state index contributed by atoms with van der Waals surface area (Å²) in [6, 6.07) is 71.0. The van der Waals surface area contributed by atoms with E-state index in [-0.39, 0.29) is 0 Å². The Morgan fingerprint density at radius 3 is 1.02 bits per heavy atom. The minimum atomic E-state index is 0.349. The summed E-state index contributed by atoms with van der Waals surface area (Å²) >= 11 is 0. The summed E-state index contributed by atoms with van der Waals surface area (Å²) in [5, 5.41) is 7.07. The first kappa shape index (κ1) is 34.4. The van der Waals surface area contributed by atoms with Crippen LogP contribution in [-0.4, -0.2) is 13.7 Å². The molecule has 3 heterocycles. The van der Waals surface area contributed by atoms with Crippen LogP contribution in [0, 0.1) is 13.1 Å². The molecule has 5 heteroatoms. The second-order valence-electron chi connectivity index (χ2n) is 15.5. The molecule has 5 nitrogen and oxygen atoms in total. The van der Waals surface area contributed by atoms with Gasteiger partial charge in [-0.3, -0.25) is 9.69 Å². The topological polar surface area (TPSA) is 23.5 Å². The highest BCUT2D eigenvalue weighted by Gasteiger charge is 2.19. The van der Waals surface area contributed by atoms with Gasteiger partial charge in [-0.05, 0) is 113 Å². The molecule has 0 aliphatic rings. The lowest BCUT2D eigenvalue weighted by atomic mass is 9.98. The second-order valence-corrected chi connectivity index (χ2v) is 15.5. The number of rotatable bonds is 5. The summed E-state index contributed by atoms with van der Waals surface area (Å²) in [6.07, 6.45) is 0. The Bertz CT molecular complexity index is 3620. The van der Waals surface area contributed by atoms with Crippen LogP contribution in [0.1, 0.15) is 0 Å². The first-order valence-electron chi connectivity index (χ1n) is 20.3. The van der Waals surface area contributed by atoms with Gasteiger partial charge in [-0.25, -0.2) is 0 Å². The summed E-state index contributed by atoms with van der Waals surface area (Å²) in [7, 11) is 0. The van der Waals surface area contributed by atoms with E-state index < -0.39 is 0 Å². The Kier molecular flexibility index (Phi) is 7.59. The number of fused-ring (bicyclic) bond motifs is 9. The Morgan fingerprint density at radius 1 is 0.262 bits per heavy atom. The maximum atomic E-state index is 7.87. The average Bonchev–Trinajstić information content (AvgIpc) is 3.96. The minimum absolute atomic E-state index is 0.349. The Balaban J connectivity index is 1.07. The van der Waals surface area contributed by atoms with E-state index in [0.717, 1.165) is 61.1 Å². The molecule has 0 amide bonds. The fourth-order valence-electron chi connectivity index (χ4n) is 9.51. The summed E-state index contributed by atoms with van der Waals surface area (Å²) in [6.45, 7) is 15.5. The molecule has 0 N–H and O–H groups in total. The van der Waals surface area contributed by atoms with Crippen LogP contribution in [0.4, 0.5) is 11.4 Å². The number of nitrogens with zero attached hydrogens (tertiary/aromatic N) is 5. The van der Waals surface area contributed by atoms with Crippen LogP contribution in [-0.2, 0) is 0 Å². The number of hydrogen-bond donors (Lipinski definition) is 0. The van der Waals surface area contributed by atoms with Crippen molar-refractivity contribution >= 4 is 76.8 Å².